The molecular formula is C66H87N3O9. The Bertz CT molecular complexity index is 2280. The zero-order valence-corrected chi connectivity index (χ0v) is 47.9. The smallest absolute Gasteiger partial charge is 0.144 e. The Hall–Kier alpha value is -7.38. The summed E-state index contributed by atoms with van der Waals surface area (Å²) in [5, 5.41) is 0. The van der Waals surface area contributed by atoms with Gasteiger partial charge in [0.1, 0.15) is 72.6 Å². The van der Waals surface area contributed by atoms with Gasteiger partial charge in [-0.3, -0.25) is 0 Å². The molecule has 78 heavy (non-hydrogen) atoms. The summed E-state index contributed by atoms with van der Waals surface area (Å²) in [4.78, 5) is 6.23. The van der Waals surface area contributed by atoms with Crippen molar-refractivity contribution < 1.29 is 42.6 Å². The third-order valence-corrected chi connectivity index (χ3v) is 12.3. The van der Waals surface area contributed by atoms with Crippen LogP contribution in [0.15, 0.2) is 184 Å². The lowest BCUT2D eigenvalue weighted by Gasteiger charge is -2.21. The maximum absolute atomic E-state index is 6.06. The molecule has 0 saturated heterocycles. The number of hydrogen-bond acceptors (Lipinski definition) is 12. The van der Waals surface area contributed by atoms with Crippen LogP contribution in [0, 0.1) is 0 Å². The fourth-order valence-corrected chi connectivity index (χ4v) is 8.35. The standard InChI is InChI=1S/3C22H29NO3/c3*1-5-25-21(16-23(2)3)17-26-22-9-7-6-8-19(22)13-10-18-11-14-20(24-4)15-12-18/h3*5-9,11-12,14-15,21H,1,10,13,16-17H2,2-4H3/t2*21-;/m10./s1. The first-order valence-electron chi connectivity index (χ1n) is 26.6. The van der Waals surface area contributed by atoms with Gasteiger partial charge < -0.3 is 57.3 Å². The molecular weight excluding hydrogens is 979 g/mol. The van der Waals surface area contributed by atoms with Gasteiger partial charge in [-0.1, -0.05) is 111 Å². The second kappa shape index (κ2) is 36.6. The van der Waals surface area contributed by atoms with Crippen molar-refractivity contribution in [3.05, 3.63) is 217 Å². The molecule has 0 amide bonds. The van der Waals surface area contributed by atoms with Gasteiger partial charge in [-0.25, -0.2) is 0 Å². The van der Waals surface area contributed by atoms with Gasteiger partial charge >= 0.3 is 0 Å². The Balaban J connectivity index is 0.000000252. The molecule has 0 bridgehead atoms. The highest BCUT2D eigenvalue weighted by atomic mass is 16.5. The number of para-hydroxylation sites is 3. The lowest BCUT2D eigenvalue weighted by Crippen LogP contribution is -2.32. The van der Waals surface area contributed by atoms with E-state index in [0.29, 0.717) is 19.8 Å². The average Bonchev–Trinajstić information content (AvgIpc) is 3.45. The van der Waals surface area contributed by atoms with Gasteiger partial charge in [-0.15, -0.1) is 0 Å². The third-order valence-electron chi connectivity index (χ3n) is 12.3. The molecule has 1 unspecified atom stereocenters. The Morgan fingerprint density at radius 3 is 0.808 bits per heavy atom. The summed E-state index contributed by atoms with van der Waals surface area (Å²) in [5.41, 5.74) is 7.44. The van der Waals surface area contributed by atoms with E-state index < -0.39 is 0 Å². The monoisotopic (exact) mass is 1070 g/mol. The normalized spacial score (nSPS) is 11.8. The summed E-state index contributed by atoms with van der Waals surface area (Å²) in [5.74, 6) is 5.39. The molecule has 0 saturated carbocycles. The lowest BCUT2D eigenvalue weighted by atomic mass is 10.0. The van der Waals surface area contributed by atoms with E-state index >= 15 is 0 Å². The van der Waals surface area contributed by atoms with Gasteiger partial charge in [0.25, 0.3) is 0 Å². The van der Waals surface area contributed by atoms with Crippen LogP contribution in [0.2, 0.25) is 0 Å². The Labute approximate surface area is 467 Å². The molecule has 0 radical (unpaired) electrons. The van der Waals surface area contributed by atoms with Crippen LogP contribution in [0.1, 0.15) is 33.4 Å². The minimum atomic E-state index is -0.0443. The number of hydrogen-bond donors (Lipinski definition) is 0. The molecule has 0 aliphatic carbocycles. The second-order valence-electron chi connectivity index (χ2n) is 19.4. The summed E-state index contributed by atoms with van der Waals surface area (Å²) in [6, 6.07) is 49.2. The van der Waals surface area contributed by atoms with Crippen LogP contribution < -0.4 is 28.4 Å². The van der Waals surface area contributed by atoms with Crippen LogP contribution in [0.4, 0.5) is 0 Å². The molecule has 6 rings (SSSR count). The highest BCUT2D eigenvalue weighted by Gasteiger charge is 2.16. The Kier molecular flexibility index (Phi) is 29.6. The predicted octanol–water partition coefficient (Wildman–Crippen LogP) is 11.8. The molecule has 0 aliphatic rings. The zero-order chi connectivity index (χ0) is 56.3. The van der Waals surface area contributed by atoms with E-state index in [2.05, 4.69) is 89.0 Å². The fraction of sp³-hybridized carbons (Fsp3) is 0.364. The summed E-state index contributed by atoms with van der Waals surface area (Å²) in [6.07, 6.45) is 9.92. The van der Waals surface area contributed by atoms with Gasteiger partial charge in [-0.2, -0.15) is 0 Å². The zero-order valence-electron chi connectivity index (χ0n) is 47.9. The van der Waals surface area contributed by atoms with Crippen molar-refractivity contribution >= 4 is 0 Å². The van der Waals surface area contributed by atoms with Crippen LogP contribution in [0.25, 0.3) is 0 Å². The van der Waals surface area contributed by atoms with Crippen LogP contribution in [-0.2, 0) is 52.7 Å². The van der Waals surface area contributed by atoms with Crippen molar-refractivity contribution in [1.82, 2.24) is 14.7 Å². The van der Waals surface area contributed by atoms with Crippen molar-refractivity contribution in [1.29, 1.82) is 0 Å². The number of aryl methyl sites for hydroxylation is 6. The van der Waals surface area contributed by atoms with Gasteiger partial charge in [0.05, 0.1) is 40.1 Å². The maximum atomic E-state index is 6.06. The first-order chi connectivity index (χ1) is 37.9. The molecule has 0 fully saturated rings. The number of benzene rings is 6. The summed E-state index contributed by atoms with van der Waals surface area (Å²) in [6.45, 7) is 14.8. The SMILES string of the molecule is C=COC(COc1ccccc1CCc1ccc(OC)cc1)CN(C)C.C=CO[C@@H](COc1ccccc1CCc1ccc(OC)cc1)CN(C)C.C=CO[C@H](COc1ccccc1CCc1ccc(OC)cc1)CN(C)C. The molecule has 3 atom stereocenters. The van der Waals surface area contributed by atoms with E-state index in [0.717, 1.165) is 92.7 Å². The largest absolute Gasteiger partial charge is 0.497 e. The molecule has 0 N–H and O–H groups in total. The van der Waals surface area contributed by atoms with Gasteiger partial charge in [0.15, 0.2) is 0 Å². The number of likely N-dealkylation sites (N-methyl/N-ethyl adjacent to an activating group) is 3. The molecule has 12 nitrogen and oxygen atoms in total. The topological polar surface area (TPSA) is 92.8 Å². The van der Waals surface area contributed by atoms with Crippen LogP contribution in [0.3, 0.4) is 0 Å². The van der Waals surface area contributed by atoms with Gasteiger partial charge in [0.2, 0.25) is 0 Å². The summed E-state index contributed by atoms with van der Waals surface area (Å²) in [7, 11) is 17.1. The first kappa shape index (κ1) is 63.2. The van der Waals surface area contributed by atoms with Crippen LogP contribution in [-0.4, -0.2) is 136 Å². The number of ether oxygens (including phenoxy) is 9. The number of methoxy groups -OCH3 is 3. The van der Waals surface area contributed by atoms with Crippen molar-refractivity contribution in [3.63, 3.8) is 0 Å². The van der Waals surface area contributed by atoms with E-state index in [1.54, 1.807) is 21.3 Å². The molecule has 12 heteroatoms. The quantitative estimate of drug-likeness (QED) is 0.0368. The van der Waals surface area contributed by atoms with E-state index in [9.17, 15) is 0 Å². The number of nitrogens with zero attached hydrogens (tertiary/aromatic N) is 3. The van der Waals surface area contributed by atoms with E-state index in [4.69, 9.17) is 42.6 Å². The fourth-order valence-electron chi connectivity index (χ4n) is 8.35. The Morgan fingerprint density at radius 1 is 0.346 bits per heavy atom. The molecule has 0 aromatic heterocycles. The minimum absolute atomic E-state index is 0.0443. The van der Waals surface area contributed by atoms with E-state index in [-0.39, 0.29) is 18.3 Å². The average molecular weight is 1070 g/mol. The van der Waals surface area contributed by atoms with Crippen molar-refractivity contribution in [3.8, 4) is 34.5 Å². The van der Waals surface area contributed by atoms with Crippen LogP contribution >= 0.6 is 0 Å². The van der Waals surface area contributed by atoms with Gasteiger partial charge in [-0.05, 0) is 169 Å². The van der Waals surface area contributed by atoms with Crippen molar-refractivity contribution in [2.24, 2.45) is 0 Å². The second-order valence-corrected chi connectivity index (χ2v) is 19.4. The number of rotatable bonds is 33. The summed E-state index contributed by atoms with van der Waals surface area (Å²) < 4.78 is 50.5. The predicted molar refractivity (Wildman–Crippen MR) is 318 cm³/mol. The van der Waals surface area contributed by atoms with Crippen LogP contribution in [0.5, 0.6) is 34.5 Å². The van der Waals surface area contributed by atoms with E-state index in [1.165, 1.54) is 52.2 Å². The maximum Gasteiger partial charge on any atom is 0.144 e. The highest BCUT2D eigenvalue weighted by molar-refractivity contribution is 5.38. The molecule has 0 aliphatic heterocycles. The molecule has 0 spiro atoms. The van der Waals surface area contributed by atoms with Gasteiger partial charge in [0, 0.05) is 19.6 Å². The summed E-state index contributed by atoms with van der Waals surface area (Å²) >= 11 is 0. The Morgan fingerprint density at radius 2 is 0.590 bits per heavy atom. The molecule has 0 heterocycles. The highest BCUT2D eigenvalue weighted by Crippen LogP contribution is 2.25. The molecule has 6 aromatic carbocycles. The lowest BCUT2D eigenvalue weighted by molar-refractivity contribution is 0.0669. The van der Waals surface area contributed by atoms with Crippen molar-refractivity contribution in [2.75, 3.05) is 103 Å². The third kappa shape index (κ3) is 24.7. The first-order valence-corrected chi connectivity index (χ1v) is 26.6. The molecule has 6 aromatic rings. The van der Waals surface area contributed by atoms with E-state index in [1.807, 2.05) is 133 Å². The minimum Gasteiger partial charge on any atom is -0.497 e. The van der Waals surface area contributed by atoms with Crippen molar-refractivity contribution in [2.45, 2.75) is 56.8 Å². The molecule has 420 valence electrons.